The van der Waals surface area contributed by atoms with E-state index in [1.54, 1.807) is 0 Å². The van der Waals surface area contributed by atoms with Gasteiger partial charge in [-0.3, -0.25) is 4.79 Å². The standard InChI is InChI=1S/C18H15F3N2O/c1-11-8-13-9-12(6-7-16(13)23-11)10-22-17(24)14-4-2-3-5-15(14)18(19,20)21/h2-9,23H,10H2,1H3,(H,22,24). The van der Waals surface area contributed by atoms with Gasteiger partial charge in [0.15, 0.2) is 0 Å². The minimum atomic E-state index is -4.56. The van der Waals surface area contributed by atoms with Crippen molar-refractivity contribution in [2.75, 3.05) is 0 Å². The van der Waals surface area contributed by atoms with Gasteiger partial charge in [0.2, 0.25) is 0 Å². The molecule has 1 aromatic heterocycles. The maximum absolute atomic E-state index is 13.0. The molecule has 0 saturated carbocycles. The van der Waals surface area contributed by atoms with E-state index < -0.39 is 17.6 Å². The molecule has 0 atom stereocenters. The molecule has 1 heterocycles. The Morgan fingerprint density at radius 2 is 1.88 bits per heavy atom. The molecule has 0 spiro atoms. The van der Waals surface area contributed by atoms with E-state index in [0.717, 1.165) is 28.2 Å². The van der Waals surface area contributed by atoms with Gasteiger partial charge in [-0.15, -0.1) is 0 Å². The summed E-state index contributed by atoms with van der Waals surface area (Å²) in [6, 6.07) is 12.3. The highest BCUT2D eigenvalue weighted by Gasteiger charge is 2.34. The summed E-state index contributed by atoms with van der Waals surface area (Å²) in [5.74, 6) is -0.742. The highest BCUT2D eigenvalue weighted by molar-refractivity contribution is 5.95. The van der Waals surface area contributed by atoms with Gasteiger partial charge in [-0.05, 0) is 48.2 Å². The van der Waals surface area contributed by atoms with Gasteiger partial charge >= 0.3 is 6.18 Å². The van der Waals surface area contributed by atoms with Crippen molar-refractivity contribution >= 4 is 16.8 Å². The van der Waals surface area contributed by atoms with Crippen molar-refractivity contribution in [3.8, 4) is 0 Å². The number of alkyl halides is 3. The van der Waals surface area contributed by atoms with Gasteiger partial charge in [0.1, 0.15) is 0 Å². The summed E-state index contributed by atoms with van der Waals surface area (Å²) >= 11 is 0. The Labute approximate surface area is 136 Å². The second-order valence-electron chi connectivity index (χ2n) is 5.60. The minimum absolute atomic E-state index is 0.158. The molecule has 124 valence electrons. The van der Waals surface area contributed by atoms with Crippen LogP contribution in [0, 0.1) is 6.92 Å². The summed E-state index contributed by atoms with van der Waals surface area (Å²) in [6.45, 7) is 2.10. The predicted molar refractivity (Wildman–Crippen MR) is 85.6 cm³/mol. The molecular formula is C18H15F3N2O. The zero-order chi connectivity index (χ0) is 17.3. The molecular weight excluding hydrogens is 317 g/mol. The van der Waals surface area contributed by atoms with Crippen LogP contribution in [0.1, 0.15) is 27.2 Å². The first-order chi connectivity index (χ1) is 11.3. The number of aromatic amines is 1. The van der Waals surface area contributed by atoms with Crippen LogP contribution in [0.4, 0.5) is 13.2 Å². The Kier molecular flexibility index (Phi) is 4.05. The lowest BCUT2D eigenvalue weighted by atomic mass is 10.1. The van der Waals surface area contributed by atoms with Crippen LogP contribution in [0.3, 0.4) is 0 Å². The molecule has 0 aliphatic rings. The molecule has 24 heavy (non-hydrogen) atoms. The van der Waals surface area contributed by atoms with Crippen LogP contribution in [-0.4, -0.2) is 10.9 Å². The van der Waals surface area contributed by atoms with E-state index in [0.29, 0.717) is 0 Å². The van der Waals surface area contributed by atoms with E-state index in [1.165, 1.54) is 18.2 Å². The van der Waals surface area contributed by atoms with Crippen molar-refractivity contribution in [1.29, 1.82) is 0 Å². The molecule has 0 aliphatic heterocycles. The molecule has 6 heteroatoms. The predicted octanol–water partition coefficient (Wildman–Crippen LogP) is 4.43. The van der Waals surface area contributed by atoms with Gasteiger partial charge in [-0.1, -0.05) is 18.2 Å². The molecule has 0 saturated heterocycles. The molecule has 3 rings (SSSR count). The van der Waals surface area contributed by atoms with Gasteiger partial charge in [0.05, 0.1) is 11.1 Å². The number of aryl methyl sites for hydroxylation is 1. The normalized spacial score (nSPS) is 11.7. The van der Waals surface area contributed by atoms with Crippen molar-refractivity contribution in [3.63, 3.8) is 0 Å². The number of fused-ring (bicyclic) bond motifs is 1. The van der Waals surface area contributed by atoms with Crippen LogP contribution in [-0.2, 0) is 12.7 Å². The maximum atomic E-state index is 13.0. The number of carbonyl (C=O) groups is 1. The fraction of sp³-hybridized carbons (Fsp3) is 0.167. The number of rotatable bonds is 3. The SMILES string of the molecule is Cc1cc2cc(CNC(=O)c3ccccc3C(F)(F)F)ccc2[nH]1. The topological polar surface area (TPSA) is 44.9 Å². The number of halogens is 3. The van der Waals surface area contributed by atoms with Crippen molar-refractivity contribution in [2.45, 2.75) is 19.6 Å². The molecule has 0 unspecified atom stereocenters. The zero-order valence-electron chi connectivity index (χ0n) is 12.9. The minimum Gasteiger partial charge on any atom is -0.359 e. The lowest BCUT2D eigenvalue weighted by Crippen LogP contribution is -2.25. The summed E-state index contributed by atoms with van der Waals surface area (Å²) in [4.78, 5) is 15.3. The molecule has 0 bridgehead atoms. The zero-order valence-corrected chi connectivity index (χ0v) is 12.9. The van der Waals surface area contributed by atoms with Crippen LogP contribution in [0.5, 0.6) is 0 Å². The van der Waals surface area contributed by atoms with Gasteiger partial charge in [-0.25, -0.2) is 0 Å². The highest BCUT2D eigenvalue weighted by Crippen LogP contribution is 2.31. The van der Waals surface area contributed by atoms with Crippen molar-refractivity contribution in [2.24, 2.45) is 0 Å². The highest BCUT2D eigenvalue weighted by atomic mass is 19.4. The maximum Gasteiger partial charge on any atom is 0.417 e. The number of aromatic nitrogens is 1. The summed E-state index contributed by atoms with van der Waals surface area (Å²) in [5.41, 5.74) is 1.51. The van der Waals surface area contributed by atoms with E-state index >= 15 is 0 Å². The Bertz CT molecular complexity index is 897. The average molecular weight is 332 g/mol. The van der Waals surface area contributed by atoms with Gasteiger partial charge in [-0.2, -0.15) is 13.2 Å². The lowest BCUT2D eigenvalue weighted by molar-refractivity contribution is -0.137. The number of benzene rings is 2. The lowest BCUT2D eigenvalue weighted by Gasteiger charge is -2.12. The largest absolute Gasteiger partial charge is 0.417 e. The molecule has 1 amide bonds. The summed E-state index contributed by atoms with van der Waals surface area (Å²) in [5, 5.41) is 3.55. The number of hydrogen-bond donors (Lipinski definition) is 2. The van der Waals surface area contributed by atoms with Crippen LogP contribution in [0.25, 0.3) is 10.9 Å². The van der Waals surface area contributed by atoms with Crippen LogP contribution >= 0.6 is 0 Å². The number of carbonyl (C=O) groups excluding carboxylic acids is 1. The molecule has 0 radical (unpaired) electrons. The monoisotopic (exact) mass is 332 g/mol. The third-order valence-corrected chi connectivity index (χ3v) is 3.75. The Balaban J connectivity index is 1.77. The molecule has 3 aromatic rings. The number of nitrogens with one attached hydrogen (secondary N) is 2. The second kappa shape index (κ2) is 6.03. The fourth-order valence-electron chi connectivity index (χ4n) is 2.64. The second-order valence-corrected chi connectivity index (χ2v) is 5.60. The molecule has 2 N–H and O–H groups in total. The Morgan fingerprint density at radius 1 is 1.12 bits per heavy atom. The molecule has 0 aliphatic carbocycles. The van der Waals surface area contributed by atoms with Crippen molar-refractivity contribution < 1.29 is 18.0 Å². The van der Waals surface area contributed by atoms with E-state index in [2.05, 4.69) is 10.3 Å². The first kappa shape index (κ1) is 16.1. The third kappa shape index (κ3) is 3.27. The van der Waals surface area contributed by atoms with E-state index in [-0.39, 0.29) is 12.1 Å². The Hall–Kier alpha value is -2.76. The van der Waals surface area contributed by atoms with E-state index in [1.807, 2.05) is 31.2 Å². The van der Waals surface area contributed by atoms with E-state index in [9.17, 15) is 18.0 Å². The number of H-pyrrole nitrogens is 1. The summed E-state index contributed by atoms with van der Waals surface area (Å²) in [7, 11) is 0. The molecule has 3 nitrogen and oxygen atoms in total. The van der Waals surface area contributed by atoms with Crippen LogP contribution in [0.2, 0.25) is 0 Å². The first-order valence-corrected chi connectivity index (χ1v) is 7.37. The van der Waals surface area contributed by atoms with Gasteiger partial charge in [0, 0.05) is 17.8 Å². The van der Waals surface area contributed by atoms with Crippen LogP contribution < -0.4 is 5.32 Å². The quantitative estimate of drug-likeness (QED) is 0.732. The number of amides is 1. The van der Waals surface area contributed by atoms with Gasteiger partial charge in [0.25, 0.3) is 5.91 Å². The van der Waals surface area contributed by atoms with E-state index in [4.69, 9.17) is 0 Å². The van der Waals surface area contributed by atoms with Gasteiger partial charge < -0.3 is 10.3 Å². The first-order valence-electron chi connectivity index (χ1n) is 7.37. The number of hydrogen-bond acceptors (Lipinski definition) is 1. The van der Waals surface area contributed by atoms with Crippen molar-refractivity contribution in [1.82, 2.24) is 10.3 Å². The smallest absolute Gasteiger partial charge is 0.359 e. The fourth-order valence-corrected chi connectivity index (χ4v) is 2.64. The summed E-state index contributed by atoms with van der Waals surface area (Å²) < 4.78 is 38.9. The Morgan fingerprint density at radius 3 is 2.62 bits per heavy atom. The van der Waals surface area contributed by atoms with Crippen molar-refractivity contribution in [3.05, 3.63) is 70.9 Å². The molecule has 0 fully saturated rings. The van der Waals surface area contributed by atoms with Crippen LogP contribution in [0.15, 0.2) is 48.5 Å². The summed E-state index contributed by atoms with van der Waals surface area (Å²) in [6.07, 6.45) is -4.56. The average Bonchev–Trinajstić information content (AvgIpc) is 2.91. The third-order valence-electron chi connectivity index (χ3n) is 3.75. The molecule has 2 aromatic carbocycles.